The molecule has 2 fully saturated rings. The van der Waals surface area contributed by atoms with Gasteiger partial charge >= 0.3 is 17.9 Å². The zero-order valence-corrected chi connectivity index (χ0v) is 23.4. The van der Waals surface area contributed by atoms with E-state index in [9.17, 15) is 24.3 Å². The highest BCUT2D eigenvalue weighted by atomic mass is 16.6. The van der Waals surface area contributed by atoms with E-state index in [1.807, 2.05) is 27.7 Å². The van der Waals surface area contributed by atoms with Gasteiger partial charge in [0.1, 0.15) is 36.1 Å². The van der Waals surface area contributed by atoms with Crippen LogP contribution in [-0.2, 0) is 33.4 Å². The molecule has 8 atom stereocenters. The summed E-state index contributed by atoms with van der Waals surface area (Å²) in [4.78, 5) is 48.8. The van der Waals surface area contributed by atoms with Gasteiger partial charge in [0.15, 0.2) is 0 Å². The van der Waals surface area contributed by atoms with E-state index in [0.717, 1.165) is 11.1 Å². The molecule has 2 saturated carbocycles. The first-order valence-electron chi connectivity index (χ1n) is 13.1. The predicted molar refractivity (Wildman–Crippen MR) is 136 cm³/mol. The van der Waals surface area contributed by atoms with Gasteiger partial charge in [-0.15, -0.1) is 0 Å². The number of carbonyl (C=O) groups is 4. The van der Waals surface area contributed by atoms with Gasteiger partial charge in [0.25, 0.3) is 0 Å². The smallest absolute Gasteiger partial charge is 0.316 e. The number of ether oxygens (including phenoxy) is 3. The molecule has 8 nitrogen and oxygen atoms in total. The lowest BCUT2D eigenvalue weighted by atomic mass is 9.50. The van der Waals surface area contributed by atoms with E-state index in [2.05, 4.69) is 6.58 Å². The highest BCUT2D eigenvalue weighted by Crippen LogP contribution is 2.60. The van der Waals surface area contributed by atoms with Crippen molar-refractivity contribution in [1.82, 2.24) is 0 Å². The lowest BCUT2D eigenvalue weighted by Crippen LogP contribution is -2.59. The van der Waals surface area contributed by atoms with Crippen molar-refractivity contribution in [3.05, 3.63) is 23.3 Å². The van der Waals surface area contributed by atoms with Gasteiger partial charge in [-0.1, -0.05) is 32.9 Å². The third-order valence-corrected chi connectivity index (χ3v) is 9.21. The fourth-order valence-electron chi connectivity index (χ4n) is 6.98. The Bertz CT molecular complexity index is 1020. The number of Topliss-reactive ketones (excluding diaryl/α,β-unsaturated/α-hetero) is 1. The van der Waals surface area contributed by atoms with Gasteiger partial charge < -0.3 is 19.3 Å². The van der Waals surface area contributed by atoms with Crippen molar-refractivity contribution in [2.45, 2.75) is 105 Å². The van der Waals surface area contributed by atoms with Crippen molar-refractivity contribution in [2.75, 3.05) is 0 Å². The van der Waals surface area contributed by atoms with Crippen molar-refractivity contribution in [3.63, 3.8) is 0 Å². The first-order valence-corrected chi connectivity index (χ1v) is 13.1. The normalized spacial score (nSPS) is 35.9. The zero-order valence-electron chi connectivity index (χ0n) is 23.4. The van der Waals surface area contributed by atoms with Crippen LogP contribution in [0.3, 0.4) is 0 Å². The Morgan fingerprint density at radius 1 is 1.03 bits per heavy atom. The van der Waals surface area contributed by atoms with Gasteiger partial charge in [-0.2, -0.15) is 0 Å². The zero-order chi connectivity index (χ0) is 28.0. The van der Waals surface area contributed by atoms with Gasteiger partial charge in [0.05, 0.1) is 0 Å². The summed E-state index contributed by atoms with van der Waals surface area (Å²) < 4.78 is 17.4. The van der Waals surface area contributed by atoms with E-state index in [1.54, 1.807) is 6.92 Å². The van der Waals surface area contributed by atoms with Crippen molar-refractivity contribution in [2.24, 2.45) is 28.6 Å². The minimum absolute atomic E-state index is 0.225. The van der Waals surface area contributed by atoms with Crippen molar-refractivity contribution < 1.29 is 38.5 Å². The third-order valence-electron chi connectivity index (χ3n) is 9.21. The van der Waals surface area contributed by atoms with Crippen LogP contribution >= 0.6 is 0 Å². The quantitative estimate of drug-likeness (QED) is 0.250. The molecule has 0 radical (unpaired) electrons. The van der Waals surface area contributed by atoms with Gasteiger partial charge in [0.2, 0.25) is 0 Å². The van der Waals surface area contributed by atoms with Crippen LogP contribution in [0, 0.1) is 28.6 Å². The average molecular weight is 519 g/mol. The maximum atomic E-state index is 12.9. The molecule has 0 heterocycles. The summed E-state index contributed by atoms with van der Waals surface area (Å²) in [6.45, 7) is 17.9. The molecule has 1 unspecified atom stereocenters. The Hall–Kier alpha value is -2.48. The summed E-state index contributed by atoms with van der Waals surface area (Å²) in [6, 6.07) is 0. The Labute approximate surface area is 219 Å². The second-order valence-electron chi connectivity index (χ2n) is 12.0. The fraction of sp³-hybridized carbons (Fsp3) is 0.724. The average Bonchev–Trinajstić information content (AvgIpc) is 2.77. The van der Waals surface area contributed by atoms with Crippen LogP contribution < -0.4 is 0 Å². The van der Waals surface area contributed by atoms with Gasteiger partial charge in [-0.05, 0) is 62.5 Å². The number of aliphatic hydroxyl groups excluding tert-OH is 1. The van der Waals surface area contributed by atoms with E-state index in [0.29, 0.717) is 31.3 Å². The maximum absolute atomic E-state index is 12.9. The molecule has 0 spiro atoms. The van der Waals surface area contributed by atoms with Gasteiger partial charge in [-0.3, -0.25) is 19.2 Å². The SMILES string of the molecule is C=C1[C@@H](OC(C)=O)CC[C@]2(C)[C@@H]1C[C@@H]1[C@@H](OC(=O)C(C)C(C)=O)CC(C)=C([C@@H](OC(C)=O)[C@@H]2O)C1(C)C. The van der Waals surface area contributed by atoms with Crippen molar-refractivity contribution in [3.8, 4) is 0 Å². The molecule has 3 aliphatic carbocycles. The molecule has 0 aromatic rings. The van der Waals surface area contributed by atoms with Crippen LogP contribution in [0.15, 0.2) is 23.3 Å². The lowest BCUT2D eigenvalue weighted by molar-refractivity contribution is -0.175. The van der Waals surface area contributed by atoms with Crippen LogP contribution in [-0.4, -0.2) is 53.2 Å². The Morgan fingerprint density at radius 2 is 1.62 bits per heavy atom. The summed E-state index contributed by atoms with van der Waals surface area (Å²) in [7, 11) is 0. The largest absolute Gasteiger partial charge is 0.461 e. The topological polar surface area (TPSA) is 116 Å². The first-order chi connectivity index (χ1) is 17.0. The molecule has 0 aromatic carbocycles. The van der Waals surface area contributed by atoms with Crippen LogP contribution in [0.2, 0.25) is 0 Å². The van der Waals surface area contributed by atoms with Crippen LogP contribution in [0.4, 0.5) is 0 Å². The Kier molecular flexibility index (Phi) is 8.14. The summed E-state index contributed by atoms with van der Waals surface area (Å²) in [6.07, 6.45) is -0.966. The van der Waals surface area contributed by atoms with Gasteiger partial charge in [-0.25, -0.2) is 0 Å². The third kappa shape index (κ3) is 5.27. The molecule has 0 saturated heterocycles. The Balaban J connectivity index is 2.16. The molecule has 1 N–H and O–H groups in total. The highest BCUT2D eigenvalue weighted by Gasteiger charge is 2.59. The minimum Gasteiger partial charge on any atom is -0.461 e. The van der Waals surface area contributed by atoms with Crippen molar-refractivity contribution >= 4 is 23.7 Å². The number of fused-ring (bicyclic) bond motifs is 3. The minimum atomic E-state index is -1.02. The van der Waals surface area contributed by atoms with Gasteiger partial charge in [0, 0.05) is 31.6 Å². The standard InChI is InChI=1S/C29H42O8/c1-14-12-23(37-27(34)15(2)17(4)30)21-13-20-16(3)22(35-18(5)31)10-11-29(20,9)26(33)25(36-19(6)32)24(14)28(21,7)8/h15,20-23,25-26,33H,3,10-13H2,1-2,4-9H3/t15?,20-,21-,22+,23+,25-,26+,29-/m1/s1. The number of aliphatic hydroxyl groups is 1. The second-order valence-corrected chi connectivity index (χ2v) is 12.0. The number of hydrogen-bond acceptors (Lipinski definition) is 8. The number of carbonyl (C=O) groups excluding carboxylic acids is 4. The van der Waals surface area contributed by atoms with Crippen molar-refractivity contribution in [1.29, 1.82) is 0 Å². The number of rotatable bonds is 5. The van der Waals surface area contributed by atoms with Crippen LogP contribution in [0.25, 0.3) is 0 Å². The highest BCUT2D eigenvalue weighted by molar-refractivity contribution is 5.97. The molecular weight excluding hydrogens is 476 g/mol. The molecule has 3 rings (SSSR count). The van der Waals surface area contributed by atoms with E-state index < -0.39 is 59.1 Å². The molecule has 206 valence electrons. The molecule has 8 heteroatoms. The van der Waals surface area contributed by atoms with E-state index >= 15 is 0 Å². The first kappa shape index (κ1) is 29.1. The number of ketones is 1. The molecule has 2 bridgehead atoms. The molecule has 0 aromatic heterocycles. The second kappa shape index (κ2) is 10.4. The molecular formula is C29H42O8. The predicted octanol–water partition coefficient (Wildman–Crippen LogP) is 4.09. The van der Waals surface area contributed by atoms with E-state index in [-0.39, 0.29) is 17.6 Å². The van der Waals surface area contributed by atoms with E-state index in [1.165, 1.54) is 20.8 Å². The fourth-order valence-corrected chi connectivity index (χ4v) is 6.98. The number of hydrogen-bond donors (Lipinski definition) is 1. The molecule has 0 amide bonds. The maximum Gasteiger partial charge on any atom is 0.316 e. The summed E-state index contributed by atoms with van der Waals surface area (Å²) >= 11 is 0. The summed E-state index contributed by atoms with van der Waals surface area (Å²) in [5.74, 6) is -3.11. The lowest BCUT2D eigenvalue weighted by Gasteiger charge is -2.58. The molecule has 3 aliphatic rings. The molecule has 0 aliphatic heterocycles. The summed E-state index contributed by atoms with van der Waals surface area (Å²) in [5, 5.41) is 11.9. The van der Waals surface area contributed by atoms with Crippen LogP contribution in [0.5, 0.6) is 0 Å². The number of esters is 3. The molecule has 37 heavy (non-hydrogen) atoms. The van der Waals surface area contributed by atoms with E-state index in [4.69, 9.17) is 14.2 Å². The Morgan fingerprint density at radius 3 is 2.16 bits per heavy atom. The van der Waals surface area contributed by atoms with Crippen LogP contribution in [0.1, 0.15) is 81.1 Å². The summed E-state index contributed by atoms with van der Waals surface area (Å²) in [5.41, 5.74) is 1.10. The monoisotopic (exact) mass is 518 g/mol.